The van der Waals surface area contributed by atoms with Crippen molar-refractivity contribution in [1.29, 1.82) is 0 Å². The largest absolute Gasteiger partial charge is 0.496 e. The molecule has 7 nitrogen and oxygen atoms in total. The lowest BCUT2D eigenvalue weighted by Crippen LogP contribution is -2.13. The summed E-state index contributed by atoms with van der Waals surface area (Å²) >= 11 is 6.06. The Hall–Kier alpha value is -3.78. The van der Waals surface area contributed by atoms with Crippen molar-refractivity contribution in [3.63, 3.8) is 0 Å². The fraction of sp³-hybridized carbons (Fsp3) is 0.0476. The number of ether oxygens (including phenoxy) is 1. The number of halogens is 2. The van der Waals surface area contributed by atoms with E-state index in [0.29, 0.717) is 28.3 Å². The monoisotopic (exact) mass is 424 g/mol. The minimum atomic E-state index is -0.464. The zero-order chi connectivity index (χ0) is 21.1. The van der Waals surface area contributed by atoms with Gasteiger partial charge in [0.2, 0.25) is 5.82 Å². The maximum atomic E-state index is 13.3. The van der Waals surface area contributed by atoms with Crippen molar-refractivity contribution < 1.29 is 18.4 Å². The van der Waals surface area contributed by atoms with Gasteiger partial charge in [0.15, 0.2) is 0 Å². The van der Waals surface area contributed by atoms with Gasteiger partial charge in [0, 0.05) is 18.0 Å². The molecule has 30 heavy (non-hydrogen) atoms. The molecule has 150 valence electrons. The number of benzene rings is 2. The van der Waals surface area contributed by atoms with Crippen molar-refractivity contribution in [3.05, 3.63) is 77.3 Å². The molecule has 1 amide bonds. The SMILES string of the molecule is COc1cc(NC(=O)c2ccccn2)ccc1-c1noc(-c2ccc(F)cc2Cl)n1. The summed E-state index contributed by atoms with van der Waals surface area (Å²) in [5, 5.41) is 6.87. The molecule has 1 N–H and O–H groups in total. The van der Waals surface area contributed by atoms with Gasteiger partial charge in [-0.15, -0.1) is 0 Å². The third kappa shape index (κ3) is 3.99. The Morgan fingerprint density at radius 3 is 2.70 bits per heavy atom. The first-order chi connectivity index (χ1) is 14.5. The minimum absolute atomic E-state index is 0.143. The number of nitrogens with one attached hydrogen (secondary N) is 1. The highest BCUT2D eigenvalue weighted by atomic mass is 35.5. The second-order valence-corrected chi connectivity index (χ2v) is 6.54. The van der Waals surface area contributed by atoms with Crippen molar-refractivity contribution in [1.82, 2.24) is 15.1 Å². The predicted molar refractivity (Wildman–Crippen MR) is 109 cm³/mol. The van der Waals surface area contributed by atoms with E-state index in [4.69, 9.17) is 20.9 Å². The number of hydrogen-bond acceptors (Lipinski definition) is 6. The van der Waals surface area contributed by atoms with E-state index in [0.717, 1.165) is 0 Å². The summed E-state index contributed by atoms with van der Waals surface area (Å²) in [7, 11) is 1.49. The van der Waals surface area contributed by atoms with Crippen molar-refractivity contribution in [3.8, 4) is 28.6 Å². The highest BCUT2D eigenvalue weighted by Gasteiger charge is 2.18. The van der Waals surface area contributed by atoms with E-state index < -0.39 is 5.82 Å². The number of carbonyl (C=O) groups is 1. The Labute approximate surface area is 175 Å². The zero-order valence-corrected chi connectivity index (χ0v) is 16.4. The molecular formula is C21H14ClFN4O3. The summed E-state index contributed by atoms with van der Waals surface area (Å²) in [5.74, 6) is 0.00695. The first-order valence-electron chi connectivity index (χ1n) is 8.75. The number of anilines is 1. The molecule has 0 unspecified atom stereocenters. The van der Waals surface area contributed by atoms with Gasteiger partial charge < -0.3 is 14.6 Å². The molecule has 2 aromatic heterocycles. The van der Waals surface area contributed by atoms with Crippen molar-refractivity contribution in [2.75, 3.05) is 12.4 Å². The van der Waals surface area contributed by atoms with Gasteiger partial charge >= 0.3 is 0 Å². The minimum Gasteiger partial charge on any atom is -0.496 e. The van der Waals surface area contributed by atoms with Crippen LogP contribution in [0.4, 0.5) is 10.1 Å². The Morgan fingerprint density at radius 1 is 1.13 bits per heavy atom. The summed E-state index contributed by atoms with van der Waals surface area (Å²) in [6, 6.07) is 14.0. The normalized spacial score (nSPS) is 10.6. The van der Waals surface area contributed by atoms with Crippen LogP contribution in [0.15, 0.2) is 65.3 Å². The summed E-state index contributed by atoms with van der Waals surface area (Å²) < 4.78 is 24.0. The summed E-state index contributed by atoms with van der Waals surface area (Å²) in [6.07, 6.45) is 1.54. The van der Waals surface area contributed by atoms with Gasteiger partial charge in [-0.25, -0.2) is 4.39 Å². The fourth-order valence-electron chi connectivity index (χ4n) is 2.75. The van der Waals surface area contributed by atoms with Gasteiger partial charge in [0.05, 0.1) is 23.3 Å². The quantitative estimate of drug-likeness (QED) is 0.492. The van der Waals surface area contributed by atoms with Crippen LogP contribution in [0.25, 0.3) is 22.8 Å². The lowest BCUT2D eigenvalue weighted by molar-refractivity contribution is 0.102. The molecule has 0 aliphatic carbocycles. The number of rotatable bonds is 5. The molecule has 4 rings (SSSR count). The average Bonchev–Trinajstić information content (AvgIpc) is 3.24. The van der Waals surface area contributed by atoms with E-state index in [1.165, 1.54) is 25.3 Å². The maximum absolute atomic E-state index is 13.3. The fourth-order valence-corrected chi connectivity index (χ4v) is 3.00. The van der Waals surface area contributed by atoms with Gasteiger partial charge in [-0.1, -0.05) is 22.8 Å². The van der Waals surface area contributed by atoms with Crippen LogP contribution in [0.2, 0.25) is 5.02 Å². The number of carbonyl (C=O) groups excluding carboxylic acids is 1. The smallest absolute Gasteiger partial charge is 0.274 e. The lowest BCUT2D eigenvalue weighted by Gasteiger charge is -2.09. The predicted octanol–water partition coefficient (Wildman–Crippen LogP) is 4.85. The molecule has 0 fully saturated rings. The van der Waals surface area contributed by atoms with Crippen molar-refractivity contribution in [2.24, 2.45) is 0 Å². The second-order valence-electron chi connectivity index (χ2n) is 6.13. The highest BCUT2D eigenvalue weighted by molar-refractivity contribution is 6.33. The Balaban J connectivity index is 1.61. The molecule has 2 heterocycles. The lowest BCUT2D eigenvalue weighted by atomic mass is 10.1. The van der Waals surface area contributed by atoms with Gasteiger partial charge in [0.1, 0.15) is 17.3 Å². The van der Waals surface area contributed by atoms with Crippen LogP contribution >= 0.6 is 11.6 Å². The molecule has 0 aliphatic heterocycles. The topological polar surface area (TPSA) is 90.1 Å². The Morgan fingerprint density at radius 2 is 1.97 bits per heavy atom. The molecule has 0 saturated heterocycles. The molecule has 0 bridgehead atoms. The van der Waals surface area contributed by atoms with Gasteiger partial charge in [0.25, 0.3) is 11.8 Å². The van der Waals surface area contributed by atoms with Gasteiger partial charge in [-0.2, -0.15) is 4.98 Å². The molecule has 0 radical (unpaired) electrons. The second kappa shape index (κ2) is 8.30. The molecular weight excluding hydrogens is 411 g/mol. The molecule has 0 saturated carbocycles. The van der Waals surface area contributed by atoms with Crippen LogP contribution in [-0.2, 0) is 0 Å². The van der Waals surface area contributed by atoms with Gasteiger partial charge in [-0.05, 0) is 42.5 Å². The first-order valence-corrected chi connectivity index (χ1v) is 9.13. The summed E-state index contributed by atoms with van der Waals surface area (Å²) in [5.41, 5.74) is 1.76. The summed E-state index contributed by atoms with van der Waals surface area (Å²) in [4.78, 5) is 20.6. The van der Waals surface area contributed by atoms with E-state index in [9.17, 15) is 9.18 Å². The number of hydrogen-bond donors (Lipinski definition) is 1. The van der Waals surface area contributed by atoms with Crippen LogP contribution in [-0.4, -0.2) is 28.1 Å². The molecule has 0 aliphatic rings. The number of amides is 1. The summed E-state index contributed by atoms with van der Waals surface area (Å²) in [6.45, 7) is 0. The van der Waals surface area contributed by atoms with Crippen LogP contribution in [0.5, 0.6) is 5.75 Å². The third-order valence-electron chi connectivity index (χ3n) is 4.19. The number of aromatic nitrogens is 3. The van der Waals surface area contributed by atoms with Crippen LogP contribution in [0.3, 0.4) is 0 Å². The molecule has 2 aromatic carbocycles. The van der Waals surface area contributed by atoms with E-state index in [-0.39, 0.29) is 22.6 Å². The zero-order valence-electron chi connectivity index (χ0n) is 15.6. The van der Waals surface area contributed by atoms with E-state index in [1.807, 2.05) is 0 Å². The highest BCUT2D eigenvalue weighted by Crippen LogP contribution is 2.33. The van der Waals surface area contributed by atoms with Crippen LogP contribution < -0.4 is 10.1 Å². The molecule has 9 heteroatoms. The molecule has 0 atom stereocenters. The van der Waals surface area contributed by atoms with E-state index in [1.54, 1.807) is 42.6 Å². The first kappa shape index (κ1) is 19.5. The molecule has 4 aromatic rings. The van der Waals surface area contributed by atoms with E-state index in [2.05, 4.69) is 20.4 Å². The number of pyridine rings is 1. The van der Waals surface area contributed by atoms with Crippen LogP contribution in [0.1, 0.15) is 10.5 Å². The van der Waals surface area contributed by atoms with Crippen molar-refractivity contribution >= 4 is 23.2 Å². The standard InChI is InChI=1S/C21H14ClFN4O3/c1-29-18-11-13(25-20(28)17-4-2-3-9-24-17)6-8-15(18)19-26-21(30-27-19)14-7-5-12(23)10-16(14)22/h2-11H,1H3,(H,25,28). The number of methoxy groups -OCH3 is 1. The van der Waals surface area contributed by atoms with E-state index >= 15 is 0 Å². The molecule has 0 spiro atoms. The number of nitrogens with zero attached hydrogens (tertiary/aromatic N) is 3. The van der Waals surface area contributed by atoms with Crippen molar-refractivity contribution in [2.45, 2.75) is 0 Å². The Bertz CT molecular complexity index is 1210. The third-order valence-corrected chi connectivity index (χ3v) is 4.50. The average molecular weight is 425 g/mol. The Kier molecular flexibility index (Phi) is 5.40. The van der Waals surface area contributed by atoms with Crippen LogP contribution in [0, 0.1) is 5.82 Å². The van der Waals surface area contributed by atoms with Gasteiger partial charge in [-0.3, -0.25) is 9.78 Å². The maximum Gasteiger partial charge on any atom is 0.274 e.